The number of urea groups is 1. The van der Waals surface area contributed by atoms with Crippen LogP contribution in [0, 0.1) is 0 Å². The summed E-state index contributed by atoms with van der Waals surface area (Å²) < 4.78 is 12.9. The highest BCUT2D eigenvalue weighted by atomic mass is 16.7. The number of rotatable bonds is 9. The van der Waals surface area contributed by atoms with Crippen LogP contribution in [0.15, 0.2) is 78.9 Å². The van der Waals surface area contributed by atoms with Crippen LogP contribution in [0.4, 0.5) is 10.5 Å². The lowest BCUT2D eigenvalue weighted by atomic mass is 9.99. The van der Waals surface area contributed by atoms with Crippen molar-refractivity contribution in [3.63, 3.8) is 0 Å². The van der Waals surface area contributed by atoms with Crippen molar-refractivity contribution in [2.75, 3.05) is 25.5 Å². The number of hydrogen-bond acceptors (Lipinski definition) is 5. The highest BCUT2D eigenvalue weighted by molar-refractivity contribution is 5.89. The Morgan fingerprint density at radius 1 is 0.944 bits per heavy atom. The third-order valence-electron chi connectivity index (χ3n) is 6.20. The van der Waals surface area contributed by atoms with Crippen molar-refractivity contribution in [1.29, 1.82) is 0 Å². The Kier molecular flexibility index (Phi) is 9.08. The first-order valence-corrected chi connectivity index (χ1v) is 12.4. The number of aliphatic hydroxyl groups excluding tert-OH is 1. The zero-order valence-electron chi connectivity index (χ0n) is 20.9. The Morgan fingerprint density at radius 2 is 1.64 bits per heavy atom. The molecule has 7 heteroatoms. The van der Waals surface area contributed by atoms with Gasteiger partial charge in [0.2, 0.25) is 0 Å². The fourth-order valence-corrected chi connectivity index (χ4v) is 4.40. The molecule has 0 bridgehead atoms. The molecule has 0 aliphatic carbocycles. The van der Waals surface area contributed by atoms with Gasteiger partial charge in [-0.2, -0.15) is 0 Å². The van der Waals surface area contributed by atoms with Crippen LogP contribution in [0.2, 0.25) is 0 Å². The van der Waals surface area contributed by atoms with Gasteiger partial charge in [-0.05, 0) is 42.8 Å². The van der Waals surface area contributed by atoms with Crippen LogP contribution in [0.1, 0.15) is 48.0 Å². The predicted molar refractivity (Wildman–Crippen MR) is 140 cm³/mol. The number of nitrogens with one attached hydrogen (secondary N) is 2. The van der Waals surface area contributed by atoms with E-state index in [1.54, 1.807) is 0 Å². The molecule has 190 valence electrons. The molecule has 1 aliphatic rings. The molecule has 3 aromatic rings. The molecule has 0 saturated carbocycles. The van der Waals surface area contributed by atoms with Crippen LogP contribution < -0.4 is 10.6 Å². The van der Waals surface area contributed by atoms with Gasteiger partial charge in [-0.1, -0.05) is 66.7 Å². The molecule has 3 atom stereocenters. The summed E-state index contributed by atoms with van der Waals surface area (Å²) in [7, 11) is 2.10. The van der Waals surface area contributed by atoms with Crippen LogP contribution in [-0.4, -0.2) is 42.3 Å². The van der Waals surface area contributed by atoms with Crippen molar-refractivity contribution in [3.05, 3.63) is 101 Å². The van der Waals surface area contributed by atoms with E-state index in [1.165, 1.54) is 5.56 Å². The van der Waals surface area contributed by atoms with Crippen LogP contribution in [0.25, 0.3) is 0 Å². The summed E-state index contributed by atoms with van der Waals surface area (Å²) in [5.74, 6) is 0. The summed E-state index contributed by atoms with van der Waals surface area (Å²) in [5.41, 5.74) is 4.79. The van der Waals surface area contributed by atoms with Crippen molar-refractivity contribution in [1.82, 2.24) is 10.2 Å². The maximum absolute atomic E-state index is 11.8. The van der Waals surface area contributed by atoms with E-state index in [4.69, 9.17) is 9.47 Å². The molecule has 3 aromatic carbocycles. The lowest BCUT2D eigenvalue weighted by Gasteiger charge is -2.38. The van der Waals surface area contributed by atoms with Gasteiger partial charge >= 0.3 is 6.03 Å². The first kappa shape index (κ1) is 25.9. The summed E-state index contributed by atoms with van der Waals surface area (Å²) in [6.07, 6.45) is 0.0214. The van der Waals surface area contributed by atoms with Crippen molar-refractivity contribution in [2.45, 2.75) is 45.0 Å². The van der Waals surface area contributed by atoms with E-state index in [-0.39, 0.29) is 24.8 Å². The number of ether oxygens (including phenoxy) is 2. The lowest BCUT2D eigenvalue weighted by Crippen LogP contribution is -2.37. The summed E-state index contributed by atoms with van der Waals surface area (Å²) in [6, 6.07) is 25.6. The first-order valence-electron chi connectivity index (χ1n) is 12.4. The number of benzene rings is 3. The lowest BCUT2D eigenvalue weighted by molar-refractivity contribution is -0.252. The van der Waals surface area contributed by atoms with Gasteiger partial charge in [0.05, 0.1) is 18.8 Å². The van der Waals surface area contributed by atoms with E-state index in [0.717, 1.165) is 36.2 Å². The summed E-state index contributed by atoms with van der Waals surface area (Å²) in [5, 5.41) is 15.0. The highest BCUT2D eigenvalue weighted by Crippen LogP contribution is 2.38. The van der Waals surface area contributed by atoms with Gasteiger partial charge in [-0.15, -0.1) is 0 Å². The maximum atomic E-state index is 11.8. The first-order chi connectivity index (χ1) is 17.5. The SMILES string of the molecule is CCNC(=O)Nc1ccc(C2OC(CN(C)Cc3ccccc3)CC(c3ccc(CO)cc3)O2)cc1. The van der Waals surface area contributed by atoms with E-state index in [9.17, 15) is 9.90 Å². The number of carbonyl (C=O) groups excluding carboxylic acids is 1. The smallest absolute Gasteiger partial charge is 0.319 e. The van der Waals surface area contributed by atoms with Crippen LogP contribution in [-0.2, 0) is 22.6 Å². The molecule has 0 spiro atoms. The monoisotopic (exact) mass is 489 g/mol. The maximum Gasteiger partial charge on any atom is 0.319 e. The zero-order chi connectivity index (χ0) is 25.3. The fourth-order valence-electron chi connectivity index (χ4n) is 4.40. The quantitative estimate of drug-likeness (QED) is 0.394. The molecule has 1 saturated heterocycles. The largest absolute Gasteiger partial charge is 0.392 e. The molecule has 0 radical (unpaired) electrons. The Hall–Kier alpha value is -3.23. The molecule has 36 heavy (non-hydrogen) atoms. The van der Waals surface area contributed by atoms with E-state index < -0.39 is 6.29 Å². The van der Waals surface area contributed by atoms with E-state index in [0.29, 0.717) is 12.2 Å². The third kappa shape index (κ3) is 7.15. The average molecular weight is 490 g/mol. The number of likely N-dealkylation sites (N-methyl/N-ethyl adjacent to an activating group) is 1. The molecular formula is C29H35N3O4. The summed E-state index contributed by atoms with van der Waals surface area (Å²) >= 11 is 0. The Balaban J connectivity index is 1.49. The number of amides is 2. The number of hydrogen-bond donors (Lipinski definition) is 3. The van der Waals surface area contributed by atoms with Crippen LogP contribution in [0.3, 0.4) is 0 Å². The van der Waals surface area contributed by atoms with E-state index in [1.807, 2.05) is 61.5 Å². The molecule has 3 N–H and O–H groups in total. The highest BCUT2D eigenvalue weighted by Gasteiger charge is 2.32. The van der Waals surface area contributed by atoms with Crippen molar-refractivity contribution in [2.24, 2.45) is 0 Å². The van der Waals surface area contributed by atoms with Gasteiger partial charge in [0.15, 0.2) is 6.29 Å². The average Bonchev–Trinajstić information content (AvgIpc) is 2.89. The molecule has 7 nitrogen and oxygen atoms in total. The molecule has 0 aromatic heterocycles. The second-order valence-corrected chi connectivity index (χ2v) is 9.14. The summed E-state index contributed by atoms with van der Waals surface area (Å²) in [4.78, 5) is 14.1. The molecule has 1 aliphatic heterocycles. The number of nitrogens with zero attached hydrogens (tertiary/aromatic N) is 1. The van der Waals surface area contributed by atoms with Gasteiger partial charge < -0.3 is 25.2 Å². The minimum Gasteiger partial charge on any atom is -0.392 e. The van der Waals surface area contributed by atoms with Gasteiger partial charge in [0.1, 0.15) is 0 Å². The van der Waals surface area contributed by atoms with Crippen molar-refractivity contribution in [3.8, 4) is 0 Å². The molecule has 2 amide bonds. The van der Waals surface area contributed by atoms with E-state index in [2.05, 4.69) is 46.8 Å². The minimum absolute atomic E-state index is 0.0150. The molecule has 4 rings (SSSR count). The van der Waals surface area contributed by atoms with Gasteiger partial charge in [-0.25, -0.2) is 4.79 Å². The van der Waals surface area contributed by atoms with Crippen molar-refractivity contribution >= 4 is 11.7 Å². The number of carbonyl (C=O) groups is 1. The van der Waals surface area contributed by atoms with Gasteiger partial charge in [0, 0.05) is 37.3 Å². The third-order valence-corrected chi connectivity index (χ3v) is 6.20. The molecule has 3 unspecified atom stereocenters. The second kappa shape index (κ2) is 12.6. The van der Waals surface area contributed by atoms with E-state index >= 15 is 0 Å². The van der Waals surface area contributed by atoms with Gasteiger partial charge in [-0.3, -0.25) is 4.90 Å². The van der Waals surface area contributed by atoms with Gasteiger partial charge in [0.25, 0.3) is 0 Å². The van der Waals surface area contributed by atoms with Crippen LogP contribution >= 0.6 is 0 Å². The predicted octanol–water partition coefficient (Wildman–Crippen LogP) is 5.00. The Morgan fingerprint density at radius 3 is 2.31 bits per heavy atom. The molecule has 1 fully saturated rings. The second-order valence-electron chi connectivity index (χ2n) is 9.14. The topological polar surface area (TPSA) is 83.1 Å². The molecular weight excluding hydrogens is 454 g/mol. The number of anilines is 1. The fraction of sp³-hybridized carbons (Fsp3) is 0.345. The molecule has 1 heterocycles. The minimum atomic E-state index is -0.532. The van der Waals surface area contributed by atoms with Crippen molar-refractivity contribution < 1.29 is 19.4 Å². The standard InChI is InChI=1S/C29H35N3O4/c1-3-30-29(34)31-25-15-13-24(14-16-25)28-35-26(19-32(2)18-21-7-5-4-6-8-21)17-27(36-28)23-11-9-22(20-33)10-12-23/h4-16,26-28,33H,3,17-20H2,1-2H3,(H2,30,31,34). The van der Waals surface area contributed by atoms with Crippen LogP contribution in [0.5, 0.6) is 0 Å². The Bertz CT molecular complexity index is 1090. The Labute approximate surface area is 213 Å². The summed E-state index contributed by atoms with van der Waals surface area (Å²) in [6.45, 7) is 4.05. The zero-order valence-corrected chi connectivity index (χ0v) is 20.9. The normalized spacial score (nSPS) is 19.7. The number of aliphatic hydroxyl groups is 1.